The molecule has 0 amide bonds. The Kier molecular flexibility index (Phi) is 3.11. The molecule has 0 bridgehead atoms. The van der Waals surface area contributed by atoms with Crippen LogP contribution in [0.2, 0.25) is 0 Å². The van der Waals surface area contributed by atoms with E-state index in [9.17, 15) is 4.39 Å². The van der Waals surface area contributed by atoms with Crippen LogP contribution in [-0.2, 0) is 11.3 Å². The van der Waals surface area contributed by atoms with Gasteiger partial charge in [0.15, 0.2) is 0 Å². The van der Waals surface area contributed by atoms with Crippen molar-refractivity contribution in [2.24, 2.45) is 0 Å². The molecule has 76 valence electrons. The molecule has 1 aromatic rings. The second-order valence-electron chi connectivity index (χ2n) is 3.52. The SMILES string of the molecule is Fc1ccccc1CO[C@@H]1CCNC1. The van der Waals surface area contributed by atoms with Crippen LogP contribution in [0.5, 0.6) is 0 Å². The minimum atomic E-state index is -0.182. The third-order valence-corrected chi connectivity index (χ3v) is 2.45. The van der Waals surface area contributed by atoms with Crippen LogP contribution in [0.1, 0.15) is 12.0 Å². The zero-order valence-electron chi connectivity index (χ0n) is 8.00. The second-order valence-corrected chi connectivity index (χ2v) is 3.52. The van der Waals surface area contributed by atoms with Crippen molar-refractivity contribution < 1.29 is 9.13 Å². The first-order chi connectivity index (χ1) is 6.86. The zero-order valence-corrected chi connectivity index (χ0v) is 8.00. The molecule has 1 aliphatic rings. The van der Waals surface area contributed by atoms with Gasteiger partial charge in [0, 0.05) is 12.1 Å². The number of hydrogen-bond donors (Lipinski definition) is 1. The van der Waals surface area contributed by atoms with E-state index in [4.69, 9.17) is 4.74 Å². The molecule has 1 aliphatic heterocycles. The van der Waals surface area contributed by atoms with Crippen LogP contribution in [0.25, 0.3) is 0 Å². The van der Waals surface area contributed by atoms with Crippen LogP contribution >= 0.6 is 0 Å². The molecule has 0 aromatic heterocycles. The summed E-state index contributed by atoms with van der Waals surface area (Å²) in [5.41, 5.74) is 0.638. The van der Waals surface area contributed by atoms with E-state index >= 15 is 0 Å². The Balaban J connectivity index is 1.88. The zero-order chi connectivity index (χ0) is 9.80. The Hall–Kier alpha value is -0.930. The first kappa shape index (κ1) is 9.62. The van der Waals surface area contributed by atoms with E-state index in [1.165, 1.54) is 6.07 Å². The van der Waals surface area contributed by atoms with Gasteiger partial charge in [0.2, 0.25) is 0 Å². The highest BCUT2D eigenvalue weighted by molar-refractivity contribution is 5.16. The van der Waals surface area contributed by atoms with E-state index < -0.39 is 0 Å². The molecule has 1 aromatic carbocycles. The molecule has 14 heavy (non-hydrogen) atoms. The summed E-state index contributed by atoms with van der Waals surface area (Å²) in [7, 11) is 0. The molecule has 2 nitrogen and oxygen atoms in total. The Morgan fingerprint density at radius 2 is 2.29 bits per heavy atom. The predicted molar refractivity (Wildman–Crippen MR) is 52.5 cm³/mol. The Bertz CT molecular complexity index is 297. The summed E-state index contributed by atoms with van der Waals surface area (Å²) in [5.74, 6) is -0.182. The highest BCUT2D eigenvalue weighted by Crippen LogP contribution is 2.11. The molecule has 3 heteroatoms. The summed E-state index contributed by atoms with van der Waals surface area (Å²) >= 11 is 0. The van der Waals surface area contributed by atoms with Gasteiger partial charge >= 0.3 is 0 Å². The smallest absolute Gasteiger partial charge is 0.128 e. The van der Waals surface area contributed by atoms with Crippen molar-refractivity contribution in [1.82, 2.24) is 5.32 Å². The molecule has 1 heterocycles. The Morgan fingerprint density at radius 1 is 1.43 bits per heavy atom. The maximum Gasteiger partial charge on any atom is 0.128 e. The number of halogens is 1. The standard InChI is InChI=1S/C11H14FNO/c12-11-4-2-1-3-9(11)8-14-10-5-6-13-7-10/h1-4,10,13H,5-8H2/t10-/m1/s1. The van der Waals surface area contributed by atoms with Crippen molar-refractivity contribution in [1.29, 1.82) is 0 Å². The summed E-state index contributed by atoms with van der Waals surface area (Å²) < 4.78 is 18.7. The maximum absolute atomic E-state index is 13.2. The van der Waals surface area contributed by atoms with E-state index in [2.05, 4.69) is 5.32 Å². The van der Waals surface area contributed by atoms with Crippen molar-refractivity contribution in [2.75, 3.05) is 13.1 Å². The van der Waals surface area contributed by atoms with E-state index in [1.54, 1.807) is 12.1 Å². The fourth-order valence-electron chi connectivity index (χ4n) is 1.59. The van der Waals surface area contributed by atoms with Gasteiger partial charge < -0.3 is 10.1 Å². The first-order valence-electron chi connectivity index (χ1n) is 4.92. The van der Waals surface area contributed by atoms with Crippen molar-refractivity contribution in [3.05, 3.63) is 35.6 Å². The van der Waals surface area contributed by atoms with Crippen molar-refractivity contribution in [2.45, 2.75) is 19.1 Å². The van der Waals surface area contributed by atoms with Crippen LogP contribution in [0.4, 0.5) is 4.39 Å². The average Bonchev–Trinajstić information content (AvgIpc) is 2.69. The number of benzene rings is 1. The molecule has 0 aliphatic carbocycles. The molecule has 0 unspecified atom stereocenters. The van der Waals surface area contributed by atoms with Gasteiger partial charge in [0.05, 0.1) is 12.7 Å². The lowest BCUT2D eigenvalue weighted by Crippen LogP contribution is -2.16. The van der Waals surface area contributed by atoms with Crippen LogP contribution in [0, 0.1) is 5.82 Å². The largest absolute Gasteiger partial charge is 0.372 e. The van der Waals surface area contributed by atoms with Gasteiger partial charge in [0.25, 0.3) is 0 Å². The molecular weight excluding hydrogens is 181 g/mol. The van der Waals surface area contributed by atoms with Gasteiger partial charge in [0.1, 0.15) is 5.82 Å². The summed E-state index contributed by atoms with van der Waals surface area (Å²) in [4.78, 5) is 0. The maximum atomic E-state index is 13.2. The molecule has 0 saturated carbocycles. The summed E-state index contributed by atoms with van der Waals surface area (Å²) in [6.45, 7) is 2.26. The third kappa shape index (κ3) is 2.30. The lowest BCUT2D eigenvalue weighted by molar-refractivity contribution is 0.0525. The van der Waals surface area contributed by atoms with Gasteiger partial charge in [-0.15, -0.1) is 0 Å². The Labute approximate surface area is 83.1 Å². The normalized spacial score (nSPS) is 21.4. The Morgan fingerprint density at radius 3 is 3.00 bits per heavy atom. The van der Waals surface area contributed by atoms with Gasteiger partial charge in [-0.1, -0.05) is 18.2 Å². The number of nitrogens with one attached hydrogen (secondary N) is 1. The molecule has 1 saturated heterocycles. The van der Waals surface area contributed by atoms with Crippen molar-refractivity contribution in [3.63, 3.8) is 0 Å². The predicted octanol–water partition coefficient (Wildman–Crippen LogP) is 1.70. The molecule has 0 radical (unpaired) electrons. The van der Waals surface area contributed by atoms with Crippen molar-refractivity contribution in [3.8, 4) is 0 Å². The highest BCUT2D eigenvalue weighted by Gasteiger charge is 2.14. The summed E-state index contributed by atoms with van der Waals surface area (Å²) in [5, 5.41) is 3.20. The number of ether oxygens (including phenoxy) is 1. The molecular formula is C11H14FNO. The lowest BCUT2D eigenvalue weighted by Gasteiger charge is -2.10. The second kappa shape index (κ2) is 4.53. The quantitative estimate of drug-likeness (QED) is 0.792. The van der Waals surface area contributed by atoms with E-state index in [-0.39, 0.29) is 11.9 Å². The van der Waals surface area contributed by atoms with Gasteiger partial charge in [-0.2, -0.15) is 0 Å². The molecule has 2 rings (SSSR count). The molecule has 1 atom stereocenters. The van der Waals surface area contributed by atoms with E-state index in [0.29, 0.717) is 12.2 Å². The van der Waals surface area contributed by atoms with E-state index in [0.717, 1.165) is 19.5 Å². The monoisotopic (exact) mass is 195 g/mol. The summed E-state index contributed by atoms with van der Waals surface area (Å²) in [6, 6.07) is 6.74. The minimum Gasteiger partial charge on any atom is -0.372 e. The van der Waals surface area contributed by atoms with E-state index in [1.807, 2.05) is 6.07 Å². The van der Waals surface area contributed by atoms with Crippen LogP contribution in [0.3, 0.4) is 0 Å². The number of rotatable bonds is 3. The summed E-state index contributed by atoms with van der Waals surface area (Å²) in [6.07, 6.45) is 1.27. The van der Waals surface area contributed by atoms with Crippen LogP contribution < -0.4 is 5.32 Å². The van der Waals surface area contributed by atoms with Crippen molar-refractivity contribution >= 4 is 0 Å². The molecule has 1 N–H and O–H groups in total. The molecule has 0 spiro atoms. The highest BCUT2D eigenvalue weighted by atomic mass is 19.1. The first-order valence-corrected chi connectivity index (χ1v) is 4.92. The lowest BCUT2D eigenvalue weighted by atomic mass is 10.2. The fourth-order valence-corrected chi connectivity index (χ4v) is 1.59. The number of hydrogen-bond acceptors (Lipinski definition) is 2. The van der Waals surface area contributed by atoms with Crippen LogP contribution in [-0.4, -0.2) is 19.2 Å². The van der Waals surface area contributed by atoms with Crippen LogP contribution in [0.15, 0.2) is 24.3 Å². The topological polar surface area (TPSA) is 21.3 Å². The third-order valence-electron chi connectivity index (χ3n) is 2.45. The minimum absolute atomic E-state index is 0.182. The fraction of sp³-hybridized carbons (Fsp3) is 0.455. The average molecular weight is 195 g/mol. The van der Waals surface area contributed by atoms with Gasteiger partial charge in [-0.05, 0) is 19.0 Å². The molecule has 1 fully saturated rings. The van der Waals surface area contributed by atoms with Gasteiger partial charge in [-0.3, -0.25) is 0 Å². The van der Waals surface area contributed by atoms with Gasteiger partial charge in [-0.25, -0.2) is 4.39 Å².